The number of rotatable bonds is 22. The minimum Gasteiger partial charge on any atom is -0.480 e. The van der Waals surface area contributed by atoms with Crippen LogP contribution in [0.2, 0.25) is 0 Å². The number of aliphatic carboxylic acids is 1. The second-order valence-electron chi connectivity index (χ2n) is 8.15. The maximum Gasteiger partial charge on any atom is 0.570 e. The molecule has 0 aliphatic rings. The van der Waals surface area contributed by atoms with Crippen LogP contribution in [0.15, 0.2) is 0 Å². The summed E-state index contributed by atoms with van der Waals surface area (Å²) >= 11 is 0. The number of nitrogens with two attached hydrogens (primary N) is 1. The first-order chi connectivity index (χ1) is 16.1. The second kappa shape index (κ2) is 19.9. The van der Waals surface area contributed by atoms with E-state index in [2.05, 4.69) is 18.4 Å². The van der Waals surface area contributed by atoms with Gasteiger partial charge in [-0.2, -0.15) is 14.3 Å². The molecule has 0 saturated carbocycles. The molecule has 0 amide bonds. The van der Waals surface area contributed by atoms with Crippen LogP contribution >= 0.6 is 8.17 Å². The van der Waals surface area contributed by atoms with Crippen molar-refractivity contribution in [3.63, 3.8) is 0 Å². The lowest BCUT2D eigenvalue weighted by Gasteiger charge is -2.18. The lowest BCUT2D eigenvalue weighted by molar-refractivity contribution is -0.161. The summed E-state index contributed by atoms with van der Waals surface area (Å²) in [5.74, 6) is -2.35. The Labute approximate surface area is 202 Å². The zero-order valence-corrected chi connectivity index (χ0v) is 21.4. The third-order valence-electron chi connectivity index (χ3n) is 4.87. The van der Waals surface area contributed by atoms with E-state index in [9.17, 15) is 24.2 Å². The standard InChI is InChI=1S/C22H42NO10P/c1-3-5-7-9-11-13-20(24)30-15-18(33-21(25)14-12-10-8-6-4-2)16-31-34(28,29)32-17-19(23)22(26)27/h18-19,28-29H,3-17,23H2,1-2H3/p+1/t18-,19+/m1/s1. The Kier molecular flexibility index (Phi) is 19.1. The van der Waals surface area contributed by atoms with Crippen molar-refractivity contribution in [2.75, 3.05) is 19.8 Å². The van der Waals surface area contributed by atoms with E-state index in [1.807, 2.05) is 0 Å². The van der Waals surface area contributed by atoms with Gasteiger partial charge in [-0.3, -0.25) is 14.4 Å². The fourth-order valence-corrected chi connectivity index (χ4v) is 3.62. The van der Waals surface area contributed by atoms with Crippen LogP contribution in [0.1, 0.15) is 90.9 Å². The number of esters is 2. The van der Waals surface area contributed by atoms with Crippen LogP contribution in [-0.4, -0.2) is 64.8 Å². The minimum atomic E-state index is -4.42. The first-order valence-corrected chi connectivity index (χ1v) is 13.6. The van der Waals surface area contributed by atoms with Gasteiger partial charge in [-0.05, 0) is 12.8 Å². The van der Waals surface area contributed by atoms with E-state index in [4.69, 9.17) is 24.8 Å². The number of hydrogen-bond acceptors (Lipinski definition) is 10. The van der Waals surface area contributed by atoms with Crippen molar-refractivity contribution in [2.45, 2.75) is 103 Å². The highest BCUT2D eigenvalue weighted by Gasteiger charge is 2.42. The van der Waals surface area contributed by atoms with Gasteiger partial charge in [0, 0.05) is 12.8 Å². The van der Waals surface area contributed by atoms with Gasteiger partial charge in [0.05, 0.1) is 0 Å². The predicted octanol–water partition coefficient (Wildman–Crippen LogP) is 3.27. The monoisotopic (exact) mass is 512 g/mol. The average Bonchev–Trinajstić information content (AvgIpc) is 2.79. The second-order valence-corrected chi connectivity index (χ2v) is 9.65. The smallest absolute Gasteiger partial charge is 0.480 e. The molecule has 0 fully saturated rings. The van der Waals surface area contributed by atoms with Crippen LogP contribution in [0.25, 0.3) is 0 Å². The van der Waals surface area contributed by atoms with Gasteiger partial charge in [0.1, 0.15) is 25.9 Å². The zero-order chi connectivity index (χ0) is 25.8. The van der Waals surface area contributed by atoms with E-state index in [-0.39, 0.29) is 19.4 Å². The predicted molar refractivity (Wildman–Crippen MR) is 126 cm³/mol. The van der Waals surface area contributed by atoms with E-state index in [0.717, 1.165) is 51.4 Å². The molecule has 0 spiro atoms. The Morgan fingerprint density at radius 2 is 1.26 bits per heavy atom. The summed E-state index contributed by atoms with van der Waals surface area (Å²) in [6.07, 6.45) is 8.91. The summed E-state index contributed by atoms with van der Waals surface area (Å²) in [5.41, 5.74) is 5.26. The Morgan fingerprint density at radius 1 is 0.765 bits per heavy atom. The number of ether oxygens (including phenoxy) is 2. The van der Waals surface area contributed by atoms with Crippen molar-refractivity contribution in [3.8, 4) is 0 Å². The molecule has 0 aromatic carbocycles. The van der Waals surface area contributed by atoms with Gasteiger partial charge in [0.25, 0.3) is 0 Å². The highest BCUT2D eigenvalue weighted by atomic mass is 31.2. The summed E-state index contributed by atoms with van der Waals surface area (Å²) in [7, 11) is -4.42. The molecule has 0 aromatic rings. The first kappa shape index (κ1) is 32.6. The van der Waals surface area contributed by atoms with Gasteiger partial charge in [-0.25, -0.2) is 0 Å². The van der Waals surface area contributed by atoms with Gasteiger partial charge in [0.2, 0.25) is 0 Å². The molecular formula is C22H43NO10P+. The maximum absolute atomic E-state index is 12.2. The fourth-order valence-electron chi connectivity index (χ4n) is 2.83. The fraction of sp³-hybridized carbons (Fsp3) is 0.864. The minimum absolute atomic E-state index is 0.175. The molecular weight excluding hydrogens is 469 g/mol. The van der Waals surface area contributed by atoms with Crippen molar-refractivity contribution in [1.29, 1.82) is 0 Å². The molecule has 0 rings (SSSR count). The zero-order valence-electron chi connectivity index (χ0n) is 20.5. The third kappa shape index (κ3) is 19.0. The van der Waals surface area contributed by atoms with E-state index in [0.29, 0.717) is 12.8 Å². The Bertz CT molecular complexity index is 576. The van der Waals surface area contributed by atoms with Gasteiger partial charge in [-0.1, -0.05) is 65.2 Å². The van der Waals surface area contributed by atoms with Crippen molar-refractivity contribution in [1.82, 2.24) is 0 Å². The lowest BCUT2D eigenvalue weighted by Crippen LogP contribution is -2.35. The Morgan fingerprint density at radius 3 is 1.79 bits per heavy atom. The number of carbonyl (C=O) groups is 3. The van der Waals surface area contributed by atoms with Gasteiger partial charge in [0.15, 0.2) is 6.10 Å². The molecule has 0 aliphatic carbocycles. The molecule has 34 heavy (non-hydrogen) atoms. The van der Waals surface area contributed by atoms with Crippen molar-refractivity contribution < 1.29 is 47.8 Å². The summed E-state index contributed by atoms with van der Waals surface area (Å²) in [6.45, 7) is 2.67. The van der Waals surface area contributed by atoms with Gasteiger partial charge >= 0.3 is 26.1 Å². The van der Waals surface area contributed by atoms with E-state index < -0.39 is 51.4 Å². The van der Waals surface area contributed by atoms with Crippen LogP contribution in [0.3, 0.4) is 0 Å². The number of unbranched alkanes of at least 4 members (excludes halogenated alkanes) is 8. The van der Waals surface area contributed by atoms with Crippen LogP contribution in [0, 0.1) is 0 Å². The number of carboxylic acids is 1. The van der Waals surface area contributed by atoms with E-state index >= 15 is 0 Å². The molecule has 2 atom stereocenters. The molecule has 0 aliphatic heterocycles. The average molecular weight is 513 g/mol. The molecule has 5 N–H and O–H groups in total. The van der Waals surface area contributed by atoms with Crippen LogP contribution in [0.4, 0.5) is 0 Å². The number of hydrogen-bond donors (Lipinski definition) is 4. The molecule has 200 valence electrons. The number of carbonyl (C=O) groups excluding carboxylic acids is 2. The van der Waals surface area contributed by atoms with E-state index in [1.165, 1.54) is 0 Å². The SMILES string of the molecule is CCCCCCCC(=O)OC[C@H](CO[P+](O)(O)OC[C@H](N)C(=O)O)OC(=O)CCCCCCC. The molecule has 0 bridgehead atoms. The van der Waals surface area contributed by atoms with Crippen molar-refractivity contribution in [3.05, 3.63) is 0 Å². The summed E-state index contributed by atoms with van der Waals surface area (Å²) in [5, 5.41) is 8.74. The molecule has 0 unspecified atom stereocenters. The largest absolute Gasteiger partial charge is 0.570 e. The summed E-state index contributed by atoms with van der Waals surface area (Å²) in [6, 6.07) is -1.47. The Balaban J connectivity index is 4.65. The molecule has 0 radical (unpaired) electrons. The van der Waals surface area contributed by atoms with Crippen LogP contribution in [-0.2, 0) is 32.9 Å². The van der Waals surface area contributed by atoms with Gasteiger partial charge in [-0.15, -0.1) is 4.52 Å². The highest BCUT2D eigenvalue weighted by Crippen LogP contribution is 2.52. The van der Waals surface area contributed by atoms with Gasteiger partial charge < -0.3 is 20.3 Å². The molecule has 0 heterocycles. The quantitative estimate of drug-likeness (QED) is 0.0951. The van der Waals surface area contributed by atoms with Crippen LogP contribution < -0.4 is 5.73 Å². The first-order valence-electron chi connectivity index (χ1n) is 12.1. The normalized spacial score (nSPS) is 13.3. The molecule has 0 aromatic heterocycles. The third-order valence-corrected chi connectivity index (χ3v) is 5.84. The molecule has 0 saturated heterocycles. The lowest BCUT2D eigenvalue weighted by atomic mass is 10.1. The summed E-state index contributed by atoms with van der Waals surface area (Å²) < 4.78 is 20.1. The highest BCUT2D eigenvalue weighted by molar-refractivity contribution is 7.54. The topological polar surface area (TPSA) is 175 Å². The molecule has 12 heteroatoms. The van der Waals surface area contributed by atoms with Crippen LogP contribution in [0.5, 0.6) is 0 Å². The number of carboxylic acid groups (broad SMARTS) is 1. The Hall–Kier alpha value is -1.36. The summed E-state index contributed by atoms with van der Waals surface area (Å²) in [4.78, 5) is 54.6. The maximum atomic E-state index is 12.2. The van der Waals surface area contributed by atoms with Crippen molar-refractivity contribution >= 4 is 26.1 Å². The van der Waals surface area contributed by atoms with Crippen molar-refractivity contribution in [2.24, 2.45) is 5.73 Å². The molecule has 11 nitrogen and oxygen atoms in total. The van der Waals surface area contributed by atoms with E-state index in [1.54, 1.807) is 0 Å².